The number of benzene rings is 2. The molecule has 2 aromatic carbocycles. The molecule has 0 bridgehead atoms. The second-order valence-electron chi connectivity index (χ2n) is 6.27. The standard InChI is InChI=1S/C23H22ClN5/c24-20(22(26)17-11-5-2-6-12-17)19(21(25)16-9-3-1-4-10-16)23(27)29-15-18-13-7-8-14-28-18/h1-14H,15,25-26H2,(H2,27,29)/b21-19?,22-20+. The van der Waals surface area contributed by atoms with Crippen molar-refractivity contribution < 1.29 is 0 Å². The van der Waals surface area contributed by atoms with Crippen molar-refractivity contribution in [1.29, 1.82) is 0 Å². The summed E-state index contributed by atoms with van der Waals surface area (Å²) >= 11 is 6.69. The first-order valence-electron chi connectivity index (χ1n) is 9.04. The third-order valence-corrected chi connectivity index (χ3v) is 4.68. The average molecular weight is 404 g/mol. The SMILES string of the molecule is NC(=NCc1ccccn1)C(=C(N)c1ccccc1)/C(Cl)=C(\N)c1ccccc1. The summed E-state index contributed by atoms with van der Waals surface area (Å²) in [5.41, 5.74) is 22.6. The van der Waals surface area contributed by atoms with Gasteiger partial charge in [0.25, 0.3) is 0 Å². The van der Waals surface area contributed by atoms with Gasteiger partial charge in [0, 0.05) is 6.20 Å². The molecule has 6 N–H and O–H groups in total. The molecule has 0 unspecified atom stereocenters. The zero-order valence-electron chi connectivity index (χ0n) is 15.8. The quantitative estimate of drug-likeness (QED) is 0.330. The number of amidine groups is 1. The largest absolute Gasteiger partial charge is 0.398 e. The molecule has 1 aromatic heterocycles. The van der Waals surface area contributed by atoms with Crippen LogP contribution in [0, 0.1) is 0 Å². The fourth-order valence-electron chi connectivity index (χ4n) is 2.75. The highest BCUT2D eigenvalue weighted by molar-refractivity contribution is 6.39. The molecule has 29 heavy (non-hydrogen) atoms. The predicted molar refractivity (Wildman–Crippen MR) is 121 cm³/mol. The predicted octanol–water partition coefficient (Wildman–Crippen LogP) is 3.88. The van der Waals surface area contributed by atoms with Crippen molar-refractivity contribution in [2.45, 2.75) is 6.54 Å². The van der Waals surface area contributed by atoms with E-state index in [1.165, 1.54) is 0 Å². The van der Waals surface area contributed by atoms with E-state index >= 15 is 0 Å². The van der Waals surface area contributed by atoms with Gasteiger partial charge in [-0.2, -0.15) is 0 Å². The van der Waals surface area contributed by atoms with Gasteiger partial charge in [0.1, 0.15) is 5.84 Å². The van der Waals surface area contributed by atoms with Crippen LogP contribution in [0.25, 0.3) is 11.4 Å². The molecule has 3 rings (SSSR count). The number of hydrogen-bond donors (Lipinski definition) is 3. The Bertz CT molecular complexity index is 1040. The number of pyridine rings is 1. The number of aromatic nitrogens is 1. The fraction of sp³-hybridized carbons (Fsp3) is 0.0435. The zero-order valence-corrected chi connectivity index (χ0v) is 16.6. The number of aliphatic imine (C=N–C) groups is 1. The van der Waals surface area contributed by atoms with Crippen LogP contribution in [0.15, 0.2) is 101 Å². The maximum Gasteiger partial charge on any atom is 0.129 e. The minimum atomic E-state index is 0.195. The van der Waals surface area contributed by atoms with E-state index in [0.29, 0.717) is 23.5 Å². The summed E-state index contributed by atoms with van der Waals surface area (Å²) in [4.78, 5) is 8.72. The first kappa shape index (κ1) is 20.2. The van der Waals surface area contributed by atoms with E-state index in [4.69, 9.17) is 28.8 Å². The van der Waals surface area contributed by atoms with Crippen molar-refractivity contribution in [2.24, 2.45) is 22.2 Å². The molecule has 0 aliphatic rings. The molecule has 6 heteroatoms. The number of halogens is 1. The van der Waals surface area contributed by atoms with E-state index in [0.717, 1.165) is 16.8 Å². The van der Waals surface area contributed by atoms with Crippen LogP contribution in [-0.2, 0) is 6.54 Å². The molecule has 146 valence electrons. The number of rotatable bonds is 6. The van der Waals surface area contributed by atoms with Crippen LogP contribution in [0.3, 0.4) is 0 Å². The molecule has 1 heterocycles. The molecule has 0 atom stereocenters. The lowest BCUT2D eigenvalue weighted by molar-refractivity contribution is 0.986. The molecule has 0 fully saturated rings. The van der Waals surface area contributed by atoms with Crippen LogP contribution in [-0.4, -0.2) is 10.8 Å². The van der Waals surface area contributed by atoms with Crippen LogP contribution in [0.4, 0.5) is 0 Å². The van der Waals surface area contributed by atoms with Crippen LogP contribution >= 0.6 is 11.6 Å². The highest BCUT2D eigenvalue weighted by Gasteiger charge is 2.18. The Morgan fingerprint density at radius 1 is 0.759 bits per heavy atom. The molecule has 0 saturated carbocycles. The van der Waals surface area contributed by atoms with Crippen molar-refractivity contribution in [1.82, 2.24) is 4.98 Å². The second-order valence-corrected chi connectivity index (χ2v) is 6.65. The molecule has 0 radical (unpaired) electrons. The molecule has 0 aliphatic heterocycles. The van der Waals surface area contributed by atoms with E-state index < -0.39 is 0 Å². The first-order chi connectivity index (χ1) is 14.1. The van der Waals surface area contributed by atoms with Crippen molar-refractivity contribution >= 4 is 28.8 Å². The Hall–Kier alpha value is -3.57. The lowest BCUT2D eigenvalue weighted by Crippen LogP contribution is -2.21. The van der Waals surface area contributed by atoms with Gasteiger partial charge in [-0.05, 0) is 23.3 Å². The van der Waals surface area contributed by atoms with Gasteiger partial charge in [0.05, 0.1) is 34.2 Å². The van der Waals surface area contributed by atoms with E-state index in [-0.39, 0.29) is 10.9 Å². The van der Waals surface area contributed by atoms with Crippen molar-refractivity contribution in [3.8, 4) is 0 Å². The summed E-state index contributed by atoms with van der Waals surface area (Å²) in [7, 11) is 0. The minimum Gasteiger partial charge on any atom is -0.398 e. The highest BCUT2D eigenvalue weighted by Crippen LogP contribution is 2.28. The monoisotopic (exact) mass is 403 g/mol. The lowest BCUT2D eigenvalue weighted by atomic mass is 10.0. The summed E-state index contributed by atoms with van der Waals surface area (Å²) in [6.07, 6.45) is 1.70. The Balaban J connectivity index is 2.09. The van der Waals surface area contributed by atoms with Gasteiger partial charge in [-0.25, -0.2) is 0 Å². The molecule has 0 amide bonds. The number of nitrogens with two attached hydrogens (primary N) is 3. The van der Waals surface area contributed by atoms with Crippen LogP contribution in [0.1, 0.15) is 16.8 Å². The van der Waals surface area contributed by atoms with E-state index in [2.05, 4.69) is 9.98 Å². The van der Waals surface area contributed by atoms with Gasteiger partial charge < -0.3 is 17.2 Å². The minimum absolute atomic E-state index is 0.195. The van der Waals surface area contributed by atoms with Gasteiger partial charge in [-0.15, -0.1) is 0 Å². The van der Waals surface area contributed by atoms with E-state index in [1.54, 1.807) is 6.20 Å². The number of nitrogens with zero attached hydrogens (tertiary/aromatic N) is 2. The van der Waals surface area contributed by atoms with Gasteiger partial charge in [0.15, 0.2) is 0 Å². The van der Waals surface area contributed by atoms with Gasteiger partial charge >= 0.3 is 0 Å². The summed E-state index contributed by atoms with van der Waals surface area (Å²) in [6.45, 7) is 0.299. The summed E-state index contributed by atoms with van der Waals surface area (Å²) in [6, 6.07) is 24.5. The zero-order chi connectivity index (χ0) is 20.6. The normalized spacial score (nSPS) is 13.5. The smallest absolute Gasteiger partial charge is 0.129 e. The molecular weight excluding hydrogens is 382 g/mol. The Labute approximate surface area is 175 Å². The van der Waals surface area contributed by atoms with Crippen LogP contribution < -0.4 is 17.2 Å². The van der Waals surface area contributed by atoms with Crippen molar-refractivity contribution in [3.05, 3.63) is 112 Å². The average Bonchev–Trinajstić information content (AvgIpc) is 2.79. The third-order valence-electron chi connectivity index (χ3n) is 4.29. The topological polar surface area (TPSA) is 103 Å². The van der Waals surface area contributed by atoms with E-state index in [9.17, 15) is 0 Å². The Morgan fingerprint density at radius 3 is 1.86 bits per heavy atom. The molecule has 0 aliphatic carbocycles. The van der Waals surface area contributed by atoms with Crippen LogP contribution in [0.2, 0.25) is 0 Å². The van der Waals surface area contributed by atoms with Crippen molar-refractivity contribution in [2.75, 3.05) is 0 Å². The molecular formula is C23H22ClN5. The van der Waals surface area contributed by atoms with E-state index in [1.807, 2.05) is 78.9 Å². The summed E-state index contributed by atoms with van der Waals surface area (Å²) < 4.78 is 0. The Kier molecular flexibility index (Phi) is 6.66. The summed E-state index contributed by atoms with van der Waals surface area (Å²) in [5, 5.41) is 0.250. The van der Waals surface area contributed by atoms with Gasteiger partial charge in [0.2, 0.25) is 0 Å². The third kappa shape index (κ3) is 5.03. The molecule has 3 aromatic rings. The van der Waals surface area contributed by atoms with Gasteiger partial charge in [-0.1, -0.05) is 78.3 Å². The maximum atomic E-state index is 6.69. The van der Waals surface area contributed by atoms with Crippen molar-refractivity contribution in [3.63, 3.8) is 0 Å². The molecule has 0 saturated heterocycles. The molecule has 5 nitrogen and oxygen atoms in total. The molecule has 0 spiro atoms. The number of hydrogen-bond acceptors (Lipinski definition) is 4. The first-order valence-corrected chi connectivity index (χ1v) is 9.42. The maximum absolute atomic E-state index is 6.69. The Morgan fingerprint density at radius 2 is 1.31 bits per heavy atom. The van der Waals surface area contributed by atoms with Gasteiger partial charge in [-0.3, -0.25) is 9.98 Å². The summed E-state index contributed by atoms with van der Waals surface area (Å²) in [5.74, 6) is 0.195. The lowest BCUT2D eigenvalue weighted by Gasteiger charge is -2.14. The fourth-order valence-corrected chi connectivity index (χ4v) is 3.05. The van der Waals surface area contributed by atoms with Crippen LogP contribution in [0.5, 0.6) is 0 Å². The highest BCUT2D eigenvalue weighted by atomic mass is 35.5. The second kappa shape index (κ2) is 9.57.